The van der Waals surface area contributed by atoms with Crippen molar-refractivity contribution >= 4 is 79.2 Å². The second-order valence-electron chi connectivity index (χ2n) is 29.7. The molecule has 2 aromatic heterocycles. The summed E-state index contributed by atoms with van der Waals surface area (Å²) >= 11 is 0. The number of fused-ring (bicyclic) bond motifs is 5. The Morgan fingerprint density at radius 1 is 0.477 bits per heavy atom. The quantitative estimate of drug-likeness (QED) is 0.0754. The standard InChI is InChI=1S/C102H88N4O/c1-5-69-19-27-73(28-20-69)77-35-50-88(51-36-77)103(89-52-37-78(38-53-89)74-29-21-70(6-2)22-30-74)92-58-43-81(44-59-92)83-47-62-98-94(65-83)95-66-84(48-63-99(95)105(98)86-15-11-9-12-16-86)85-49-64-100-96(67-85)97-68-101(107-102(97)106(100)87-17-13-10-14-18-87)82-45-60-93(61-46-82)104(90-54-39-79(40-55-90)75-31-23-71(7-3)24-32-75)91-56-41-80(42-57-91)76-33-25-72(8-4)26-34-76/h5-11,13-15,17-19,23-27,29,31-43,45-46,48-56,58,60-61,63-65,67-68,70,91,95H,1-4,12,16,20-22,28,30,44,47,57,59,62,66H2. The van der Waals surface area contributed by atoms with Crippen LogP contribution in [0.4, 0.5) is 22.7 Å². The van der Waals surface area contributed by atoms with Crippen LogP contribution >= 0.6 is 0 Å². The Morgan fingerprint density at radius 2 is 1.12 bits per heavy atom. The summed E-state index contributed by atoms with van der Waals surface area (Å²) in [6.07, 6.45) is 54.4. The maximum Gasteiger partial charge on any atom is 0.213 e. The molecular formula is C102H88N4O. The van der Waals surface area contributed by atoms with E-state index >= 15 is 0 Å². The summed E-state index contributed by atoms with van der Waals surface area (Å²) in [6.45, 7) is 16.1. The number of hydrogen-bond donors (Lipinski definition) is 0. The molecule has 8 aliphatic rings. The molecule has 3 unspecified atom stereocenters. The maximum atomic E-state index is 7.16. The van der Waals surface area contributed by atoms with Crippen LogP contribution in [0.1, 0.15) is 117 Å². The second-order valence-corrected chi connectivity index (χ2v) is 29.7. The van der Waals surface area contributed by atoms with Gasteiger partial charge in [-0.05, 0) is 288 Å². The number of allylic oxidation sites excluding steroid dienone is 25. The van der Waals surface area contributed by atoms with Crippen molar-refractivity contribution in [3.63, 3.8) is 0 Å². The van der Waals surface area contributed by atoms with Crippen molar-refractivity contribution in [1.82, 2.24) is 9.47 Å². The fourth-order valence-electron chi connectivity index (χ4n) is 17.6. The van der Waals surface area contributed by atoms with Crippen LogP contribution in [-0.2, 0) is 0 Å². The van der Waals surface area contributed by atoms with Gasteiger partial charge in [-0.25, -0.2) is 0 Å². The Morgan fingerprint density at radius 3 is 1.75 bits per heavy atom. The molecule has 1 aliphatic heterocycles. The van der Waals surface area contributed by atoms with E-state index in [-0.39, 0.29) is 12.0 Å². The van der Waals surface area contributed by atoms with E-state index in [9.17, 15) is 0 Å². The molecule has 5 heteroatoms. The van der Waals surface area contributed by atoms with Crippen LogP contribution in [0, 0.1) is 11.8 Å². The van der Waals surface area contributed by atoms with Crippen molar-refractivity contribution in [3.05, 3.63) is 402 Å². The van der Waals surface area contributed by atoms with Gasteiger partial charge in [0, 0.05) is 73.5 Å². The molecular weight excluding hydrogens is 1300 g/mol. The smallest absolute Gasteiger partial charge is 0.213 e. The molecule has 3 atom stereocenters. The minimum Gasteiger partial charge on any atom is -0.439 e. The largest absolute Gasteiger partial charge is 0.439 e. The van der Waals surface area contributed by atoms with Crippen LogP contribution in [-0.4, -0.2) is 15.5 Å². The number of benzene rings is 8. The third-order valence-corrected chi connectivity index (χ3v) is 23.5. The van der Waals surface area contributed by atoms with Crippen molar-refractivity contribution in [1.29, 1.82) is 0 Å². The van der Waals surface area contributed by atoms with Crippen molar-refractivity contribution < 1.29 is 4.42 Å². The van der Waals surface area contributed by atoms with Gasteiger partial charge in [0.05, 0.1) is 11.6 Å². The number of para-hydroxylation sites is 1. The van der Waals surface area contributed by atoms with Crippen molar-refractivity contribution in [2.75, 3.05) is 9.80 Å². The Labute approximate surface area is 630 Å². The molecule has 3 heterocycles. The highest BCUT2D eigenvalue weighted by atomic mass is 16.3. The zero-order valence-electron chi connectivity index (χ0n) is 60.9. The first kappa shape index (κ1) is 66.8. The summed E-state index contributed by atoms with van der Waals surface area (Å²) in [5.74, 6) is 1.64. The van der Waals surface area contributed by atoms with Crippen LogP contribution in [0.25, 0.3) is 84.6 Å². The van der Waals surface area contributed by atoms with E-state index < -0.39 is 0 Å². The minimum absolute atomic E-state index is 0.0870. The topological polar surface area (TPSA) is 27.8 Å². The number of anilines is 4. The summed E-state index contributed by atoms with van der Waals surface area (Å²) in [5.41, 5.74) is 35.1. The minimum atomic E-state index is 0.0870. The molecule has 0 saturated heterocycles. The molecule has 10 aromatic rings. The maximum absolute atomic E-state index is 7.16. The molecule has 0 spiro atoms. The molecule has 18 rings (SSSR count). The van der Waals surface area contributed by atoms with Crippen molar-refractivity contribution in [3.8, 4) is 28.1 Å². The summed E-state index contributed by atoms with van der Waals surface area (Å²) in [5, 5.41) is 2.28. The summed E-state index contributed by atoms with van der Waals surface area (Å²) in [6, 6.07) is 74.1. The highest BCUT2D eigenvalue weighted by Gasteiger charge is 2.40. The third kappa shape index (κ3) is 13.0. The summed E-state index contributed by atoms with van der Waals surface area (Å²) in [4.78, 5) is 7.66. The van der Waals surface area contributed by atoms with Gasteiger partial charge < -0.3 is 19.1 Å². The van der Waals surface area contributed by atoms with E-state index in [2.05, 4.69) is 337 Å². The van der Waals surface area contributed by atoms with Gasteiger partial charge in [-0.1, -0.05) is 220 Å². The first-order chi connectivity index (χ1) is 52.8. The van der Waals surface area contributed by atoms with E-state index in [0.29, 0.717) is 5.92 Å². The van der Waals surface area contributed by atoms with Gasteiger partial charge in [0.15, 0.2) is 0 Å². The fourth-order valence-corrected chi connectivity index (χ4v) is 17.6. The van der Waals surface area contributed by atoms with Crippen molar-refractivity contribution in [2.45, 2.75) is 89.5 Å². The van der Waals surface area contributed by atoms with E-state index in [1.54, 1.807) is 0 Å². The Hall–Kier alpha value is -12.2. The average molecular weight is 1390 g/mol. The molecule has 522 valence electrons. The zero-order valence-corrected chi connectivity index (χ0v) is 60.9. The number of furan rings is 1. The van der Waals surface area contributed by atoms with E-state index in [1.807, 2.05) is 18.2 Å². The second kappa shape index (κ2) is 29.0. The van der Waals surface area contributed by atoms with E-state index in [1.165, 1.54) is 118 Å². The lowest BCUT2D eigenvalue weighted by Crippen LogP contribution is -2.30. The van der Waals surface area contributed by atoms with Gasteiger partial charge in [-0.15, -0.1) is 6.58 Å². The molecule has 107 heavy (non-hydrogen) atoms. The number of hydrogen-bond acceptors (Lipinski definition) is 4. The summed E-state index contributed by atoms with van der Waals surface area (Å²) < 4.78 is 9.46. The first-order valence-electron chi connectivity index (χ1n) is 38.5. The van der Waals surface area contributed by atoms with Gasteiger partial charge >= 0.3 is 0 Å². The molecule has 0 amide bonds. The van der Waals surface area contributed by atoms with Gasteiger partial charge in [0.2, 0.25) is 5.71 Å². The van der Waals surface area contributed by atoms with Gasteiger partial charge in [-0.2, -0.15) is 0 Å². The Kier molecular flexibility index (Phi) is 18.1. The number of rotatable bonds is 19. The Balaban J connectivity index is 0.651. The molecule has 0 radical (unpaired) electrons. The van der Waals surface area contributed by atoms with Crippen LogP contribution in [0.3, 0.4) is 0 Å². The normalized spacial score (nSPS) is 19.0. The van der Waals surface area contributed by atoms with E-state index in [4.69, 9.17) is 4.42 Å². The third-order valence-electron chi connectivity index (χ3n) is 23.5. The van der Waals surface area contributed by atoms with Crippen LogP contribution < -0.4 is 9.80 Å². The van der Waals surface area contributed by atoms with Gasteiger partial charge in [0.25, 0.3) is 0 Å². The highest BCUT2D eigenvalue weighted by Crippen LogP contribution is 2.53. The molecule has 8 aromatic carbocycles. The average Bonchev–Trinajstić information content (AvgIpc) is 1.58. The molecule has 0 saturated carbocycles. The van der Waals surface area contributed by atoms with Crippen molar-refractivity contribution in [2.24, 2.45) is 11.8 Å². The monoisotopic (exact) mass is 1380 g/mol. The lowest BCUT2D eigenvalue weighted by Gasteiger charge is -2.33. The predicted molar refractivity (Wildman–Crippen MR) is 453 cm³/mol. The lowest BCUT2D eigenvalue weighted by atomic mass is 9.80. The molecule has 5 nitrogen and oxygen atoms in total. The predicted octanol–water partition coefficient (Wildman–Crippen LogP) is 27.5. The number of aromatic nitrogens is 1. The molecule has 7 aliphatic carbocycles. The molecule has 0 bridgehead atoms. The van der Waals surface area contributed by atoms with Crippen LogP contribution in [0.2, 0.25) is 0 Å². The van der Waals surface area contributed by atoms with Crippen LogP contribution in [0.5, 0.6) is 0 Å². The number of nitrogens with zero attached hydrogens (tertiary/aromatic N) is 4. The zero-order chi connectivity index (χ0) is 71.9. The fraction of sp³-hybridized carbons (Fsp3) is 0.157. The first-order valence-corrected chi connectivity index (χ1v) is 38.5. The lowest BCUT2D eigenvalue weighted by molar-refractivity contribution is 0.472. The van der Waals surface area contributed by atoms with E-state index in [0.717, 1.165) is 140 Å². The van der Waals surface area contributed by atoms with Gasteiger partial charge in [0.1, 0.15) is 5.76 Å². The Bertz CT molecular complexity index is 5630. The van der Waals surface area contributed by atoms with Gasteiger partial charge in [-0.3, -0.25) is 4.57 Å². The summed E-state index contributed by atoms with van der Waals surface area (Å²) in [7, 11) is 0. The van der Waals surface area contributed by atoms with Crippen LogP contribution in [0.15, 0.2) is 373 Å². The highest BCUT2D eigenvalue weighted by molar-refractivity contribution is 6.10. The molecule has 0 N–H and O–H groups in total. The molecule has 0 fully saturated rings. The SMILES string of the molecule is C=CC1=CC=C(c2ccc(N(C3=CC=C(C4=CC5=C(CC4)N(C4=CC=CCC4)C4=CC=C(c6ccc7c(c6)c6cc(-c8ccc(N(c9ccc(-c%10ccc(C=C)cc%10)cc9)C9C=CC(c%10ccc(C=C)cc%10)=CC9)cc8)oc6n7-c6ccccc6)CC45)CC3)c3ccc(C4=CCC(C=C)CC4)cc3)cc2)CC1.